The highest BCUT2D eigenvalue weighted by Gasteiger charge is 2.15. The number of aromatic amines is 1. The molecule has 2 N–H and O–H groups in total. The van der Waals surface area contributed by atoms with Gasteiger partial charge in [0, 0.05) is 23.5 Å². The zero-order valence-electron chi connectivity index (χ0n) is 14.8. The first kappa shape index (κ1) is 18.0. The molecule has 1 heterocycles. The Morgan fingerprint density at radius 2 is 1.54 bits per heavy atom. The molecule has 5 rings (SSSR count). The lowest BCUT2D eigenvalue weighted by Gasteiger charge is -2.07. The van der Waals surface area contributed by atoms with Gasteiger partial charge >= 0.3 is 0 Å². The second-order valence-electron chi connectivity index (χ2n) is 6.58. The molecule has 4 aromatic carbocycles. The van der Waals surface area contributed by atoms with E-state index < -0.39 is 0 Å². The van der Waals surface area contributed by atoms with Crippen molar-refractivity contribution in [1.82, 2.24) is 9.97 Å². The van der Waals surface area contributed by atoms with Gasteiger partial charge in [0.25, 0.3) is 0 Å². The number of hydrogen-bond acceptors (Lipinski definition) is 3. The molecule has 0 saturated carbocycles. The summed E-state index contributed by atoms with van der Waals surface area (Å²) < 4.78 is 7.50. The standard InChI is InChI=1S/C22H14I2N2O2/c1-28-19-7-2-11(8-18(19)27)22-25-20-16-9-12(23)3-5-14(16)15-6-4-13(24)10-17(15)21(20)26-22/h2-10,27H,1H3,(H,25,26). The number of imidazole rings is 1. The van der Waals surface area contributed by atoms with Gasteiger partial charge in [-0.05, 0) is 98.4 Å². The highest BCUT2D eigenvalue weighted by atomic mass is 127. The molecule has 0 radical (unpaired) electrons. The van der Waals surface area contributed by atoms with E-state index in [9.17, 15) is 5.11 Å². The van der Waals surface area contributed by atoms with Gasteiger partial charge in [-0.3, -0.25) is 0 Å². The molecule has 0 aliphatic carbocycles. The van der Waals surface area contributed by atoms with Crippen molar-refractivity contribution in [2.24, 2.45) is 0 Å². The van der Waals surface area contributed by atoms with Crippen molar-refractivity contribution in [2.45, 2.75) is 0 Å². The Kier molecular flexibility index (Phi) is 4.35. The number of aromatic nitrogens is 2. The van der Waals surface area contributed by atoms with Gasteiger partial charge in [0.05, 0.1) is 18.1 Å². The van der Waals surface area contributed by atoms with Gasteiger partial charge < -0.3 is 14.8 Å². The fourth-order valence-corrected chi connectivity index (χ4v) is 4.62. The van der Waals surface area contributed by atoms with Crippen LogP contribution in [0.5, 0.6) is 11.5 Å². The van der Waals surface area contributed by atoms with Crippen molar-refractivity contribution in [2.75, 3.05) is 7.11 Å². The summed E-state index contributed by atoms with van der Waals surface area (Å²) >= 11 is 4.67. The fourth-order valence-electron chi connectivity index (χ4n) is 3.64. The molecule has 138 valence electrons. The second kappa shape index (κ2) is 6.77. The predicted octanol–water partition coefficient (Wildman–Crippen LogP) is 6.46. The number of ether oxygens (including phenoxy) is 1. The quantitative estimate of drug-likeness (QED) is 0.183. The minimum Gasteiger partial charge on any atom is -0.504 e. The van der Waals surface area contributed by atoms with Crippen LogP contribution in [0.25, 0.3) is 44.0 Å². The maximum absolute atomic E-state index is 10.2. The smallest absolute Gasteiger partial charge is 0.160 e. The van der Waals surface area contributed by atoms with Gasteiger partial charge in [0.1, 0.15) is 5.82 Å². The molecule has 0 aliphatic heterocycles. The number of H-pyrrole nitrogens is 1. The molecule has 0 saturated heterocycles. The Balaban J connectivity index is 1.89. The summed E-state index contributed by atoms with van der Waals surface area (Å²) in [6, 6.07) is 18.3. The van der Waals surface area contributed by atoms with Crippen LogP contribution in [-0.2, 0) is 0 Å². The highest BCUT2D eigenvalue weighted by Crippen LogP contribution is 2.37. The van der Waals surface area contributed by atoms with Gasteiger partial charge in [-0.2, -0.15) is 0 Å². The van der Waals surface area contributed by atoms with Gasteiger partial charge in [-0.1, -0.05) is 12.1 Å². The van der Waals surface area contributed by atoms with E-state index in [-0.39, 0.29) is 5.75 Å². The van der Waals surface area contributed by atoms with Crippen molar-refractivity contribution >= 4 is 77.8 Å². The number of rotatable bonds is 2. The Morgan fingerprint density at radius 1 is 0.857 bits per heavy atom. The van der Waals surface area contributed by atoms with Gasteiger partial charge in [0.2, 0.25) is 0 Å². The van der Waals surface area contributed by atoms with E-state index in [2.05, 4.69) is 86.6 Å². The highest BCUT2D eigenvalue weighted by molar-refractivity contribution is 14.1. The molecular formula is C22H14I2N2O2. The lowest BCUT2D eigenvalue weighted by atomic mass is 10.0. The van der Waals surface area contributed by atoms with Crippen molar-refractivity contribution in [3.8, 4) is 22.9 Å². The number of phenolic OH excluding ortho intramolecular Hbond substituents is 1. The lowest BCUT2D eigenvalue weighted by molar-refractivity contribution is 0.373. The van der Waals surface area contributed by atoms with Crippen molar-refractivity contribution in [3.63, 3.8) is 0 Å². The van der Waals surface area contributed by atoms with E-state index in [0.29, 0.717) is 5.75 Å². The van der Waals surface area contributed by atoms with E-state index in [1.54, 1.807) is 12.1 Å². The average Bonchev–Trinajstić information content (AvgIpc) is 3.14. The number of aromatic hydroxyl groups is 1. The van der Waals surface area contributed by atoms with E-state index in [4.69, 9.17) is 9.72 Å². The molecule has 0 bridgehead atoms. The first-order valence-corrected chi connectivity index (χ1v) is 10.8. The molecule has 4 nitrogen and oxygen atoms in total. The molecule has 28 heavy (non-hydrogen) atoms. The number of halogens is 2. The van der Waals surface area contributed by atoms with E-state index in [0.717, 1.165) is 33.2 Å². The summed E-state index contributed by atoms with van der Waals surface area (Å²) in [6.07, 6.45) is 0. The van der Waals surface area contributed by atoms with E-state index >= 15 is 0 Å². The van der Waals surface area contributed by atoms with Crippen LogP contribution in [0.2, 0.25) is 0 Å². The van der Waals surface area contributed by atoms with Crippen molar-refractivity contribution in [3.05, 3.63) is 61.7 Å². The summed E-state index contributed by atoms with van der Waals surface area (Å²) in [5.74, 6) is 1.26. The molecular weight excluding hydrogens is 578 g/mol. The first-order chi connectivity index (χ1) is 13.5. The Hall–Kier alpha value is -2.07. The van der Waals surface area contributed by atoms with Crippen LogP contribution in [-0.4, -0.2) is 22.2 Å². The summed E-state index contributed by atoms with van der Waals surface area (Å²) in [5, 5.41) is 14.8. The fraction of sp³-hybridized carbons (Fsp3) is 0.0455. The van der Waals surface area contributed by atoms with Gasteiger partial charge in [0.15, 0.2) is 11.5 Å². The Bertz CT molecular complexity index is 1310. The third-order valence-electron chi connectivity index (χ3n) is 4.93. The molecule has 0 spiro atoms. The SMILES string of the molecule is COc1ccc(-c2nc3c4cc(I)ccc4c4ccc(I)cc4c3[nH]2)cc1O. The van der Waals surface area contributed by atoms with Crippen LogP contribution in [0.3, 0.4) is 0 Å². The second-order valence-corrected chi connectivity index (χ2v) is 9.07. The third-order valence-corrected chi connectivity index (χ3v) is 6.28. The number of methoxy groups -OCH3 is 1. The maximum atomic E-state index is 10.2. The molecule has 0 atom stereocenters. The number of nitrogens with one attached hydrogen (secondary N) is 1. The zero-order chi connectivity index (χ0) is 19.4. The van der Waals surface area contributed by atoms with E-state index in [1.165, 1.54) is 25.0 Å². The first-order valence-electron chi connectivity index (χ1n) is 8.63. The lowest BCUT2D eigenvalue weighted by Crippen LogP contribution is -1.85. The van der Waals surface area contributed by atoms with Crippen LogP contribution in [0, 0.1) is 7.14 Å². The number of nitrogens with zero attached hydrogens (tertiary/aromatic N) is 1. The van der Waals surface area contributed by atoms with Crippen LogP contribution < -0.4 is 4.74 Å². The minimum atomic E-state index is 0.0965. The largest absolute Gasteiger partial charge is 0.504 e. The van der Waals surface area contributed by atoms with Crippen LogP contribution in [0.4, 0.5) is 0 Å². The Morgan fingerprint density at radius 3 is 2.21 bits per heavy atom. The molecule has 0 amide bonds. The summed E-state index contributed by atoms with van der Waals surface area (Å²) in [6.45, 7) is 0. The maximum Gasteiger partial charge on any atom is 0.160 e. The zero-order valence-corrected chi connectivity index (χ0v) is 19.1. The normalized spacial score (nSPS) is 11.5. The van der Waals surface area contributed by atoms with Gasteiger partial charge in [-0.15, -0.1) is 0 Å². The summed E-state index contributed by atoms with van der Waals surface area (Å²) in [7, 11) is 1.54. The average molecular weight is 592 g/mol. The number of benzene rings is 4. The molecule has 5 aromatic rings. The Labute approximate surface area is 188 Å². The van der Waals surface area contributed by atoms with Crippen LogP contribution in [0.1, 0.15) is 0 Å². The summed E-state index contributed by atoms with van der Waals surface area (Å²) in [5.41, 5.74) is 2.76. The number of hydrogen-bond donors (Lipinski definition) is 2. The van der Waals surface area contributed by atoms with Crippen molar-refractivity contribution in [1.29, 1.82) is 0 Å². The number of phenols is 1. The number of fused-ring (bicyclic) bond motifs is 6. The molecule has 1 aromatic heterocycles. The molecule has 0 fully saturated rings. The minimum absolute atomic E-state index is 0.0965. The molecule has 0 unspecified atom stereocenters. The molecule has 0 aliphatic rings. The third kappa shape index (κ3) is 2.81. The van der Waals surface area contributed by atoms with Crippen LogP contribution >= 0.6 is 45.2 Å². The van der Waals surface area contributed by atoms with Crippen LogP contribution in [0.15, 0.2) is 54.6 Å². The molecule has 6 heteroatoms. The summed E-state index contributed by atoms with van der Waals surface area (Å²) in [4.78, 5) is 8.40. The predicted molar refractivity (Wildman–Crippen MR) is 130 cm³/mol. The monoisotopic (exact) mass is 592 g/mol. The van der Waals surface area contributed by atoms with Gasteiger partial charge in [-0.25, -0.2) is 4.98 Å². The topological polar surface area (TPSA) is 58.1 Å². The van der Waals surface area contributed by atoms with E-state index in [1.807, 2.05) is 6.07 Å². The van der Waals surface area contributed by atoms with Crippen molar-refractivity contribution < 1.29 is 9.84 Å².